The van der Waals surface area contributed by atoms with E-state index in [2.05, 4.69) is 10.4 Å². The summed E-state index contributed by atoms with van der Waals surface area (Å²) in [6, 6.07) is 2.18. The third kappa shape index (κ3) is 2.24. The Hall–Kier alpha value is -1.36. The third-order valence-corrected chi connectivity index (χ3v) is 2.88. The zero-order valence-corrected chi connectivity index (χ0v) is 9.81. The number of carbonyl (C=O) groups excluding carboxylic acids is 1. The SMILES string of the molecule is CN(C)C(=O)c1ccn(C2CCCNC2)n1. The molecule has 1 saturated heterocycles. The van der Waals surface area contributed by atoms with Crippen LogP contribution < -0.4 is 5.32 Å². The van der Waals surface area contributed by atoms with E-state index in [1.54, 1.807) is 25.1 Å². The Labute approximate surface area is 95.4 Å². The van der Waals surface area contributed by atoms with Crippen LogP contribution in [0.4, 0.5) is 0 Å². The monoisotopic (exact) mass is 222 g/mol. The van der Waals surface area contributed by atoms with Crippen molar-refractivity contribution >= 4 is 5.91 Å². The van der Waals surface area contributed by atoms with E-state index in [9.17, 15) is 4.79 Å². The summed E-state index contributed by atoms with van der Waals surface area (Å²) in [6.07, 6.45) is 4.19. The van der Waals surface area contributed by atoms with E-state index in [0.717, 1.165) is 19.5 Å². The molecule has 1 atom stereocenters. The van der Waals surface area contributed by atoms with Gasteiger partial charge in [0.2, 0.25) is 0 Å². The summed E-state index contributed by atoms with van der Waals surface area (Å²) >= 11 is 0. The zero-order chi connectivity index (χ0) is 11.5. The Morgan fingerprint density at radius 1 is 1.62 bits per heavy atom. The molecule has 0 aromatic carbocycles. The predicted octanol–water partition coefficient (Wildman–Crippen LogP) is 0.509. The average molecular weight is 222 g/mol. The summed E-state index contributed by atoms with van der Waals surface area (Å²) in [5.41, 5.74) is 0.524. The maximum atomic E-state index is 11.7. The Morgan fingerprint density at radius 3 is 3.06 bits per heavy atom. The highest BCUT2D eigenvalue weighted by Gasteiger charge is 2.18. The van der Waals surface area contributed by atoms with Crippen LogP contribution in [0.3, 0.4) is 0 Å². The van der Waals surface area contributed by atoms with Crippen LogP contribution in [-0.4, -0.2) is 47.8 Å². The van der Waals surface area contributed by atoms with Crippen molar-refractivity contribution in [2.45, 2.75) is 18.9 Å². The van der Waals surface area contributed by atoms with E-state index in [-0.39, 0.29) is 5.91 Å². The molecule has 1 aromatic heterocycles. The van der Waals surface area contributed by atoms with Crippen molar-refractivity contribution in [3.05, 3.63) is 18.0 Å². The first kappa shape index (κ1) is 11.1. The molecule has 5 nitrogen and oxygen atoms in total. The van der Waals surface area contributed by atoms with Gasteiger partial charge >= 0.3 is 0 Å². The maximum absolute atomic E-state index is 11.7. The first-order chi connectivity index (χ1) is 7.68. The van der Waals surface area contributed by atoms with Crippen LogP contribution >= 0.6 is 0 Å². The first-order valence-corrected chi connectivity index (χ1v) is 5.66. The second-order valence-corrected chi connectivity index (χ2v) is 4.38. The molecule has 1 unspecified atom stereocenters. The van der Waals surface area contributed by atoms with Crippen molar-refractivity contribution in [3.8, 4) is 0 Å². The van der Waals surface area contributed by atoms with E-state index >= 15 is 0 Å². The fraction of sp³-hybridized carbons (Fsp3) is 0.636. The number of carbonyl (C=O) groups is 1. The van der Waals surface area contributed by atoms with Crippen molar-refractivity contribution < 1.29 is 4.79 Å². The molecule has 1 amide bonds. The fourth-order valence-electron chi connectivity index (χ4n) is 1.94. The van der Waals surface area contributed by atoms with Crippen LogP contribution in [-0.2, 0) is 0 Å². The molecule has 1 fully saturated rings. The van der Waals surface area contributed by atoms with E-state index in [0.29, 0.717) is 11.7 Å². The number of piperidine rings is 1. The molecule has 0 saturated carbocycles. The summed E-state index contributed by atoms with van der Waals surface area (Å²) in [5.74, 6) is -0.0393. The number of rotatable bonds is 2. The second-order valence-electron chi connectivity index (χ2n) is 4.38. The Bertz CT molecular complexity index is 366. The number of nitrogens with zero attached hydrogens (tertiary/aromatic N) is 3. The number of hydrogen-bond acceptors (Lipinski definition) is 3. The van der Waals surface area contributed by atoms with E-state index in [1.165, 1.54) is 6.42 Å². The topological polar surface area (TPSA) is 50.2 Å². The highest BCUT2D eigenvalue weighted by Crippen LogP contribution is 2.15. The predicted molar refractivity (Wildman–Crippen MR) is 61.4 cm³/mol. The lowest BCUT2D eigenvalue weighted by Crippen LogP contribution is -2.32. The lowest BCUT2D eigenvalue weighted by Gasteiger charge is -2.22. The first-order valence-electron chi connectivity index (χ1n) is 5.66. The Kier molecular flexibility index (Phi) is 3.24. The van der Waals surface area contributed by atoms with Crippen LogP contribution in [0, 0.1) is 0 Å². The summed E-state index contributed by atoms with van der Waals surface area (Å²) in [4.78, 5) is 13.2. The number of aromatic nitrogens is 2. The minimum absolute atomic E-state index is 0.0393. The molecule has 1 aromatic rings. The molecule has 0 radical (unpaired) electrons. The van der Waals surface area contributed by atoms with Gasteiger partial charge in [-0.05, 0) is 25.5 Å². The molecule has 2 rings (SSSR count). The largest absolute Gasteiger partial charge is 0.343 e. The van der Waals surface area contributed by atoms with Crippen molar-refractivity contribution in [2.24, 2.45) is 0 Å². The van der Waals surface area contributed by atoms with E-state index in [4.69, 9.17) is 0 Å². The molecule has 5 heteroatoms. The van der Waals surface area contributed by atoms with Gasteiger partial charge in [-0.1, -0.05) is 0 Å². The Balaban J connectivity index is 2.09. The maximum Gasteiger partial charge on any atom is 0.273 e. The molecule has 16 heavy (non-hydrogen) atoms. The van der Waals surface area contributed by atoms with Gasteiger partial charge in [-0.15, -0.1) is 0 Å². The standard InChI is InChI=1S/C11H18N4O/c1-14(2)11(16)10-5-7-15(13-10)9-4-3-6-12-8-9/h5,7,9,12H,3-4,6,8H2,1-2H3. The highest BCUT2D eigenvalue weighted by atomic mass is 16.2. The number of nitrogens with one attached hydrogen (secondary N) is 1. The lowest BCUT2D eigenvalue weighted by atomic mass is 10.1. The van der Waals surface area contributed by atoms with Gasteiger partial charge in [-0.3, -0.25) is 9.48 Å². The zero-order valence-electron chi connectivity index (χ0n) is 9.81. The quantitative estimate of drug-likeness (QED) is 0.793. The van der Waals surface area contributed by atoms with Gasteiger partial charge in [0, 0.05) is 26.8 Å². The van der Waals surface area contributed by atoms with E-state index < -0.39 is 0 Å². The normalized spacial score (nSPS) is 20.8. The average Bonchev–Trinajstić information content (AvgIpc) is 2.78. The molecule has 88 valence electrons. The van der Waals surface area contributed by atoms with Gasteiger partial charge in [0.15, 0.2) is 0 Å². The summed E-state index contributed by atoms with van der Waals surface area (Å²) in [5, 5.41) is 7.68. The number of amides is 1. The van der Waals surface area contributed by atoms with Crippen LogP contribution in [0.25, 0.3) is 0 Å². The van der Waals surface area contributed by atoms with E-state index in [1.807, 2.05) is 10.9 Å². The molecule has 1 N–H and O–H groups in total. The fourth-order valence-corrected chi connectivity index (χ4v) is 1.94. The molecule has 0 aliphatic carbocycles. The Morgan fingerprint density at radius 2 is 2.44 bits per heavy atom. The smallest absolute Gasteiger partial charge is 0.273 e. The van der Waals surface area contributed by atoms with Crippen LogP contribution in [0.15, 0.2) is 12.3 Å². The van der Waals surface area contributed by atoms with Crippen molar-refractivity contribution in [2.75, 3.05) is 27.2 Å². The lowest BCUT2D eigenvalue weighted by molar-refractivity contribution is 0.0820. The summed E-state index contributed by atoms with van der Waals surface area (Å²) in [7, 11) is 3.48. The molecule has 1 aliphatic rings. The van der Waals surface area contributed by atoms with Crippen LogP contribution in [0.2, 0.25) is 0 Å². The molecular weight excluding hydrogens is 204 g/mol. The minimum atomic E-state index is -0.0393. The molecule has 2 heterocycles. The van der Waals surface area contributed by atoms with Gasteiger partial charge in [-0.25, -0.2) is 0 Å². The van der Waals surface area contributed by atoms with Crippen LogP contribution in [0.1, 0.15) is 29.4 Å². The summed E-state index contributed by atoms with van der Waals surface area (Å²) in [6.45, 7) is 2.03. The molecule has 0 spiro atoms. The molecule has 1 aliphatic heterocycles. The van der Waals surface area contributed by atoms with Crippen molar-refractivity contribution in [1.82, 2.24) is 20.0 Å². The van der Waals surface area contributed by atoms with Gasteiger partial charge < -0.3 is 10.2 Å². The number of hydrogen-bond donors (Lipinski definition) is 1. The molecule has 0 bridgehead atoms. The van der Waals surface area contributed by atoms with Gasteiger partial charge in [-0.2, -0.15) is 5.10 Å². The second kappa shape index (κ2) is 4.65. The van der Waals surface area contributed by atoms with Gasteiger partial charge in [0.05, 0.1) is 6.04 Å². The highest BCUT2D eigenvalue weighted by molar-refractivity contribution is 5.91. The van der Waals surface area contributed by atoms with Gasteiger partial charge in [0.25, 0.3) is 5.91 Å². The van der Waals surface area contributed by atoms with Crippen molar-refractivity contribution in [1.29, 1.82) is 0 Å². The summed E-state index contributed by atoms with van der Waals surface area (Å²) < 4.78 is 1.91. The minimum Gasteiger partial charge on any atom is -0.343 e. The van der Waals surface area contributed by atoms with Gasteiger partial charge in [0.1, 0.15) is 5.69 Å². The third-order valence-electron chi connectivity index (χ3n) is 2.88. The van der Waals surface area contributed by atoms with Crippen LogP contribution in [0.5, 0.6) is 0 Å². The molecular formula is C11H18N4O. The van der Waals surface area contributed by atoms with Crippen molar-refractivity contribution in [3.63, 3.8) is 0 Å².